The molecule has 2 amide bonds. The number of nitrogens with one attached hydrogen (secondary N) is 2. The Morgan fingerprint density at radius 3 is 2.79 bits per heavy atom. The Balaban J connectivity index is 1.66. The standard InChI is InChI=1S/C19H22N6O3/c1-28-13-7-3-2-6-12(13)21-18(27)11-10-14(26)22-17-15(11)16(20)23-19(24-17)25-8-4-5-9-25/h2-3,6-7,11H,4-5,8-10H2,1H3,(H,21,27)(H3,20,22,23,24,26). The molecular formula is C19H22N6O3. The van der Waals surface area contributed by atoms with Crippen LogP contribution in [0.15, 0.2) is 24.3 Å². The number of hydrogen-bond acceptors (Lipinski definition) is 7. The molecule has 0 spiro atoms. The van der Waals surface area contributed by atoms with Crippen LogP contribution >= 0.6 is 0 Å². The van der Waals surface area contributed by atoms with Gasteiger partial charge >= 0.3 is 0 Å². The quantitative estimate of drug-likeness (QED) is 0.736. The van der Waals surface area contributed by atoms with Gasteiger partial charge in [-0.3, -0.25) is 9.59 Å². The summed E-state index contributed by atoms with van der Waals surface area (Å²) in [5.41, 5.74) is 7.18. The summed E-state index contributed by atoms with van der Waals surface area (Å²) in [5.74, 6) is 0.131. The van der Waals surface area contributed by atoms with E-state index in [1.165, 1.54) is 7.11 Å². The van der Waals surface area contributed by atoms with E-state index in [-0.39, 0.29) is 24.1 Å². The lowest BCUT2D eigenvalue weighted by atomic mass is 9.92. The fraction of sp³-hybridized carbons (Fsp3) is 0.368. The molecule has 0 aliphatic carbocycles. The summed E-state index contributed by atoms with van der Waals surface area (Å²) in [5, 5.41) is 5.56. The third-order valence-corrected chi connectivity index (χ3v) is 5.03. The number of methoxy groups -OCH3 is 1. The van der Waals surface area contributed by atoms with Crippen molar-refractivity contribution in [3.63, 3.8) is 0 Å². The normalized spacial score (nSPS) is 18.4. The maximum absolute atomic E-state index is 13.0. The number of anilines is 4. The first kappa shape index (κ1) is 18.0. The van der Waals surface area contributed by atoms with E-state index in [4.69, 9.17) is 10.5 Å². The molecule has 2 aliphatic heterocycles. The average molecular weight is 382 g/mol. The van der Waals surface area contributed by atoms with Crippen molar-refractivity contribution >= 4 is 35.1 Å². The van der Waals surface area contributed by atoms with Gasteiger partial charge in [0.1, 0.15) is 17.4 Å². The van der Waals surface area contributed by atoms with Crippen LogP contribution in [0.5, 0.6) is 5.75 Å². The van der Waals surface area contributed by atoms with Crippen molar-refractivity contribution in [3.05, 3.63) is 29.8 Å². The Kier molecular flexibility index (Phi) is 4.72. The van der Waals surface area contributed by atoms with Gasteiger partial charge in [-0.25, -0.2) is 0 Å². The number of carbonyl (C=O) groups excluding carboxylic acids is 2. The molecule has 1 atom stereocenters. The molecule has 2 aliphatic rings. The van der Waals surface area contributed by atoms with Crippen molar-refractivity contribution < 1.29 is 14.3 Å². The topological polar surface area (TPSA) is 122 Å². The van der Waals surface area contributed by atoms with E-state index in [0.717, 1.165) is 25.9 Å². The number of aromatic nitrogens is 2. The van der Waals surface area contributed by atoms with Gasteiger partial charge in [0.2, 0.25) is 17.8 Å². The largest absolute Gasteiger partial charge is 0.495 e. The van der Waals surface area contributed by atoms with Gasteiger partial charge in [0.05, 0.1) is 24.3 Å². The number of amides is 2. The van der Waals surface area contributed by atoms with Crippen LogP contribution in [0, 0.1) is 0 Å². The average Bonchev–Trinajstić information content (AvgIpc) is 3.22. The van der Waals surface area contributed by atoms with Crippen LogP contribution < -0.4 is 26.0 Å². The number of nitrogen functional groups attached to an aromatic ring is 1. The zero-order valence-electron chi connectivity index (χ0n) is 15.6. The van der Waals surface area contributed by atoms with Crippen LogP contribution in [-0.4, -0.2) is 42.0 Å². The number of fused-ring (bicyclic) bond motifs is 1. The summed E-state index contributed by atoms with van der Waals surface area (Å²) in [4.78, 5) is 36.1. The number of carbonyl (C=O) groups is 2. The first-order valence-corrected chi connectivity index (χ1v) is 9.23. The number of nitrogens with zero attached hydrogens (tertiary/aromatic N) is 3. The number of rotatable bonds is 4. The summed E-state index contributed by atoms with van der Waals surface area (Å²) in [6.07, 6.45) is 2.11. The molecule has 0 bridgehead atoms. The summed E-state index contributed by atoms with van der Waals surface area (Å²) in [6.45, 7) is 1.70. The van der Waals surface area contributed by atoms with Crippen LogP contribution in [0.2, 0.25) is 0 Å². The summed E-state index contributed by atoms with van der Waals surface area (Å²) >= 11 is 0. The predicted octanol–water partition coefficient (Wildman–Crippen LogP) is 1.73. The number of ether oxygens (including phenoxy) is 1. The second kappa shape index (κ2) is 7.34. The van der Waals surface area contributed by atoms with E-state index < -0.39 is 5.92 Å². The van der Waals surface area contributed by atoms with E-state index in [0.29, 0.717) is 28.8 Å². The highest BCUT2D eigenvalue weighted by atomic mass is 16.5. The van der Waals surface area contributed by atoms with E-state index >= 15 is 0 Å². The molecule has 1 aromatic heterocycles. The third-order valence-electron chi connectivity index (χ3n) is 5.03. The van der Waals surface area contributed by atoms with E-state index in [1.54, 1.807) is 18.2 Å². The Hall–Kier alpha value is -3.36. The maximum atomic E-state index is 13.0. The molecule has 3 heterocycles. The number of hydrogen-bond donors (Lipinski definition) is 3. The lowest BCUT2D eigenvalue weighted by Crippen LogP contribution is -2.33. The SMILES string of the molecule is COc1ccccc1NC(=O)C1CC(=O)Nc2nc(N3CCCC3)nc(N)c21. The Bertz CT molecular complexity index is 926. The highest BCUT2D eigenvalue weighted by molar-refractivity contribution is 6.06. The second-order valence-corrected chi connectivity index (χ2v) is 6.86. The van der Waals surface area contributed by atoms with E-state index in [9.17, 15) is 9.59 Å². The first-order chi connectivity index (χ1) is 13.6. The van der Waals surface area contributed by atoms with Crippen molar-refractivity contribution in [2.75, 3.05) is 41.5 Å². The lowest BCUT2D eigenvalue weighted by Gasteiger charge is -2.27. The molecule has 1 unspecified atom stereocenters. The number of nitrogens with two attached hydrogens (primary N) is 1. The van der Waals surface area contributed by atoms with Gasteiger partial charge in [0.25, 0.3) is 0 Å². The van der Waals surface area contributed by atoms with Crippen LogP contribution in [0.1, 0.15) is 30.7 Å². The lowest BCUT2D eigenvalue weighted by molar-refractivity contribution is -0.123. The van der Waals surface area contributed by atoms with Crippen molar-refractivity contribution in [1.82, 2.24) is 9.97 Å². The number of para-hydroxylation sites is 2. The van der Waals surface area contributed by atoms with E-state index in [2.05, 4.69) is 20.6 Å². The van der Waals surface area contributed by atoms with Gasteiger partial charge in [-0.15, -0.1) is 0 Å². The molecule has 1 aromatic carbocycles. The van der Waals surface area contributed by atoms with Crippen molar-refractivity contribution in [1.29, 1.82) is 0 Å². The van der Waals surface area contributed by atoms with Crippen molar-refractivity contribution in [2.45, 2.75) is 25.2 Å². The highest BCUT2D eigenvalue weighted by Crippen LogP contribution is 2.37. The fourth-order valence-corrected chi connectivity index (χ4v) is 3.63. The monoisotopic (exact) mass is 382 g/mol. The van der Waals surface area contributed by atoms with Crippen LogP contribution in [0.3, 0.4) is 0 Å². The molecular weight excluding hydrogens is 360 g/mol. The van der Waals surface area contributed by atoms with Gasteiger partial charge in [-0.1, -0.05) is 12.1 Å². The number of benzene rings is 1. The van der Waals surface area contributed by atoms with Gasteiger partial charge in [0, 0.05) is 19.5 Å². The minimum absolute atomic E-state index is 0.0232. The fourth-order valence-electron chi connectivity index (χ4n) is 3.63. The van der Waals surface area contributed by atoms with Gasteiger partial charge < -0.3 is 26.0 Å². The Morgan fingerprint density at radius 1 is 1.29 bits per heavy atom. The highest BCUT2D eigenvalue weighted by Gasteiger charge is 2.35. The molecule has 4 N–H and O–H groups in total. The summed E-state index contributed by atoms with van der Waals surface area (Å²) in [7, 11) is 1.53. The van der Waals surface area contributed by atoms with Gasteiger partial charge in [0.15, 0.2) is 0 Å². The molecule has 28 heavy (non-hydrogen) atoms. The predicted molar refractivity (Wildman–Crippen MR) is 106 cm³/mol. The van der Waals surface area contributed by atoms with Crippen LogP contribution in [0.4, 0.5) is 23.3 Å². The third kappa shape index (κ3) is 3.30. The van der Waals surface area contributed by atoms with E-state index in [1.807, 2.05) is 11.0 Å². The van der Waals surface area contributed by atoms with Crippen LogP contribution in [0.25, 0.3) is 0 Å². The van der Waals surface area contributed by atoms with Gasteiger partial charge in [-0.05, 0) is 25.0 Å². The molecule has 1 fully saturated rings. The maximum Gasteiger partial charge on any atom is 0.232 e. The minimum Gasteiger partial charge on any atom is -0.495 e. The molecule has 0 radical (unpaired) electrons. The minimum atomic E-state index is -0.777. The van der Waals surface area contributed by atoms with Crippen LogP contribution in [-0.2, 0) is 9.59 Å². The smallest absolute Gasteiger partial charge is 0.232 e. The van der Waals surface area contributed by atoms with Crippen molar-refractivity contribution in [2.24, 2.45) is 0 Å². The Morgan fingerprint density at radius 2 is 2.04 bits per heavy atom. The Labute approximate surface area is 162 Å². The second-order valence-electron chi connectivity index (χ2n) is 6.86. The molecule has 1 saturated heterocycles. The zero-order chi connectivity index (χ0) is 19.7. The summed E-state index contributed by atoms with van der Waals surface area (Å²) < 4.78 is 5.27. The molecule has 9 heteroatoms. The molecule has 4 rings (SSSR count). The molecule has 0 saturated carbocycles. The first-order valence-electron chi connectivity index (χ1n) is 9.23. The van der Waals surface area contributed by atoms with Crippen molar-refractivity contribution in [3.8, 4) is 5.75 Å². The summed E-state index contributed by atoms with van der Waals surface area (Å²) in [6, 6.07) is 7.08. The zero-order valence-corrected chi connectivity index (χ0v) is 15.6. The molecule has 9 nitrogen and oxygen atoms in total. The molecule has 146 valence electrons. The molecule has 2 aromatic rings. The van der Waals surface area contributed by atoms with Gasteiger partial charge in [-0.2, -0.15) is 9.97 Å².